The quantitative estimate of drug-likeness (QED) is 0.0280. The highest BCUT2D eigenvalue weighted by molar-refractivity contribution is 5.75. The molecule has 0 aromatic carbocycles. The highest BCUT2D eigenvalue weighted by atomic mass is 16.8. The summed E-state index contributed by atoms with van der Waals surface area (Å²) in [5.74, 6) is -4.99. The van der Waals surface area contributed by atoms with E-state index in [0.29, 0.717) is 0 Å². The Bertz CT molecular complexity index is 3760. The molecule has 11 aliphatic rings. The number of aliphatic hydroxyl groups is 29. The van der Waals surface area contributed by atoms with E-state index in [1.54, 1.807) is 0 Å². The van der Waals surface area contributed by atoms with Crippen molar-refractivity contribution in [3.63, 3.8) is 0 Å². The molecular weight excluding hydrogens is 1860 g/mol. The summed E-state index contributed by atoms with van der Waals surface area (Å²) < 4.78 is 129. The predicted molar refractivity (Wildman–Crippen MR) is 419 cm³/mol. The van der Waals surface area contributed by atoms with Crippen LogP contribution in [0.3, 0.4) is 0 Å². The normalized spacial score (nSPS) is 49.2. The molecule has 60 heteroatoms. The molecule has 0 aromatic rings. The fourth-order valence-electron chi connectivity index (χ4n) is 17.8. The maximum atomic E-state index is 13.7. The molecule has 11 saturated heterocycles. The second-order valence-corrected chi connectivity index (χ2v) is 34.5. The first-order chi connectivity index (χ1) is 64.3. The predicted octanol–water partition coefficient (Wildman–Crippen LogP) is -23.2. The second kappa shape index (κ2) is 48.8. The molecule has 0 bridgehead atoms. The number of ether oxygens (including phenoxy) is 21. The first-order valence-corrected chi connectivity index (χ1v) is 43.5. The molecule has 0 radical (unpaired) electrons. The number of amides is 5. The van der Waals surface area contributed by atoms with Gasteiger partial charge in [-0.25, -0.2) is 0 Å². The average Bonchev–Trinajstić information content (AvgIpc) is 0.765. The van der Waals surface area contributed by atoms with Gasteiger partial charge < -0.3 is 274 Å². The summed E-state index contributed by atoms with van der Waals surface area (Å²) in [5.41, 5.74) is 0. The molecule has 60 nitrogen and oxygen atoms in total. The van der Waals surface area contributed by atoms with Crippen LogP contribution in [0.2, 0.25) is 0 Å². The van der Waals surface area contributed by atoms with Gasteiger partial charge in [0.2, 0.25) is 29.5 Å². The minimum Gasteiger partial charge on any atom is -0.394 e. The SMILES string of the molecule is CC(=O)N[C@@H]1[C@@H](O)[C@H](O[C@@H]2O[C@H](CO)[C@@H](O[C@@H]3O[C@H](CO[C@H]4O[C@H](CO)[C@@H](O)[C@H](O)[C@@H]4O[C@@H]4O[C@H](CO)[C@@H](O[C@@H]5O[C@H](CO)[C@H](O)[C@H](O)[C@H]5O)[C@H](O[C@@H]5O[C@@H](C)[C@@H](O)[C@@H](O)[C@@H]5O)[C@H]4NC(C)=O)[C@@H](O[C@@H]4O[C@H](CO)[C@@H](O)[C@H](O)[C@H]4NC(C)=O)[C@H](O[C@H]4O[C@H](CO)[C@@H](O)[C@H](O)[C@@H]4O[C@@H]4O[C@H](CO)[C@@H](O[C@@H]5O[C@H](CO)[C@H](O)[C@H](O)[C@H]5O)[C@H](O)[C@H]4NC(C)=O)[C@@H]3O)[C@H](O)[C@H]2NC(C)=O)[C@@H](CO)O[C@H]1O. The van der Waals surface area contributed by atoms with Crippen molar-refractivity contribution in [1.82, 2.24) is 26.6 Å². The second-order valence-electron chi connectivity index (χ2n) is 34.5. The Hall–Kier alpha value is -4.65. The van der Waals surface area contributed by atoms with Gasteiger partial charge in [-0.15, -0.1) is 0 Å². The summed E-state index contributed by atoms with van der Waals surface area (Å²) in [6, 6.07) is -10.1. The van der Waals surface area contributed by atoms with Crippen molar-refractivity contribution >= 4 is 29.5 Å². The van der Waals surface area contributed by atoms with E-state index < -0.39 is 433 Å². The van der Waals surface area contributed by atoms with Crippen LogP contribution in [0.5, 0.6) is 0 Å². The van der Waals surface area contributed by atoms with Crippen LogP contribution in [-0.4, -0.2) is 581 Å². The monoisotopic (exact) mass is 1990 g/mol. The molecule has 55 atom stereocenters. The Morgan fingerprint density at radius 1 is 0.206 bits per heavy atom. The topological polar surface area (TPSA) is 926 Å². The lowest BCUT2D eigenvalue weighted by molar-refractivity contribution is -0.409. The van der Waals surface area contributed by atoms with Gasteiger partial charge in [0.1, 0.15) is 262 Å². The van der Waals surface area contributed by atoms with Crippen LogP contribution < -0.4 is 26.6 Å². The number of hydrogen-bond acceptors (Lipinski definition) is 55. The smallest absolute Gasteiger partial charge is 0.217 e. The lowest BCUT2D eigenvalue weighted by Gasteiger charge is -2.52. The first kappa shape index (κ1) is 112. The number of carbonyl (C=O) groups is 5. The third kappa shape index (κ3) is 24.6. The molecule has 0 unspecified atom stereocenters. The van der Waals surface area contributed by atoms with Gasteiger partial charge in [0.15, 0.2) is 69.2 Å². The highest BCUT2D eigenvalue weighted by Gasteiger charge is 2.64. The van der Waals surface area contributed by atoms with Gasteiger partial charge in [0.05, 0.1) is 72.2 Å². The molecule has 34 N–H and O–H groups in total. The molecule has 0 spiro atoms. The minimum absolute atomic E-state index is 0.838. The number of nitrogens with one attached hydrogen (secondary N) is 5. The van der Waals surface area contributed by atoms with E-state index in [-0.39, 0.29) is 0 Å². The van der Waals surface area contributed by atoms with E-state index >= 15 is 0 Å². The standard InChI is InChI=1S/C76H127N5O55/c1-17-38(96)48(106)53(111)71(117-17)133-62-37(81-22(6)95)70(126-31(15-90)60(62)132-73-55(113)50(108)41(99)25(9-84)121-73)135-64-51(109)42(100)26(10-85)122-75(64)116-16-32-61(131-67-34(78-19(3)92)44(102)39(97)23(7-82)119-67)63(56(114)74(127-32)130-59-30(14-89)124-68(35(46(59)104)79-20(4)93)128-57-28(12-87)118-66(115)33(45(57)103)77-18(2)91)134-76-65(52(110)43(101)27(11-86)123-76)136-69-36(80-21(5)94)47(105)58(29(13-88)125-69)129-72-54(112)49(107)40(98)24(8-83)120-72/h17,23-76,82-90,96-115H,7-16H2,1-6H3,(H,77,91)(H,78,92)(H,79,93)(H,80,94)(H,81,95)/t17-,23+,24+,25+,26+,27+,28+,29+,30+,31+,32+,33+,34+,35+,36+,37+,38+,39+,40-,41-,42+,43+,44+,45+,46+,47+,48+,49-,50-,51-,52-,53-,54+,55+,56-,57+,58+,59+,60+,61+,62+,63+,64-,65-,66+,67-,68-,69-,70-,71-,72-,73-,74-,75-,76+/m0/s1. The number of hydrogen-bond donors (Lipinski definition) is 34. The van der Waals surface area contributed by atoms with E-state index in [1.165, 1.54) is 6.92 Å². The maximum absolute atomic E-state index is 13.7. The molecular formula is C76H127N5O55. The van der Waals surface area contributed by atoms with Crippen molar-refractivity contribution in [2.45, 2.75) is 379 Å². The fraction of sp³-hybridized carbons (Fsp3) is 0.934. The van der Waals surface area contributed by atoms with Crippen molar-refractivity contribution < 1.29 is 272 Å². The van der Waals surface area contributed by atoms with Crippen molar-refractivity contribution in [2.75, 3.05) is 66.1 Å². The largest absolute Gasteiger partial charge is 0.394 e. The van der Waals surface area contributed by atoms with E-state index in [9.17, 15) is 172 Å². The van der Waals surface area contributed by atoms with Gasteiger partial charge in [-0.05, 0) is 6.92 Å². The number of carbonyl (C=O) groups excluding carboxylic acids is 5. The molecule has 11 heterocycles. The van der Waals surface area contributed by atoms with Crippen LogP contribution >= 0.6 is 0 Å². The molecule has 11 rings (SSSR count). The van der Waals surface area contributed by atoms with Gasteiger partial charge in [0, 0.05) is 34.6 Å². The van der Waals surface area contributed by atoms with Crippen LogP contribution in [0.4, 0.5) is 0 Å². The molecule has 11 aliphatic heterocycles. The highest BCUT2D eigenvalue weighted by Crippen LogP contribution is 2.43. The zero-order valence-corrected chi connectivity index (χ0v) is 73.4. The molecule has 136 heavy (non-hydrogen) atoms. The maximum Gasteiger partial charge on any atom is 0.217 e. The van der Waals surface area contributed by atoms with Crippen LogP contribution in [0, 0.1) is 0 Å². The Morgan fingerprint density at radius 2 is 0.456 bits per heavy atom. The lowest BCUT2D eigenvalue weighted by atomic mass is 9.93. The van der Waals surface area contributed by atoms with Gasteiger partial charge in [-0.3, -0.25) is 24.0 Å². The molecule has 0 aliphatic carbocycles. The van der Waals surface area contributed by atoms with Crippen LogP contribution in [-0.2, 0) is 123 Å². The van der Waals surface area contributed by atoms with E-state index in [2.05, 4.69) is 26.6 Å². The summed E-state index contributed by atoms with van der Waals surface area (Å²) in [4.78, 5) is 65.9. The van der Waals surface area contributed by atoms with Crippen molar-refractivity contribution in [3.05, 3.63) is 0 Å². The summed E-state index contributed by atoms with van der Waals surface area (Å²) >= 11 is 0. The zero-order chi connectivity index (χ0) is 100. The molecule has 786 valence electrons. The van der Waals surface area contributed by atoms with E-state index in [0.717, 1.165) is 34.6 Å². The average molecular weight is 1990 g/mol. The third-order valence-electron chi connectivity index (χ3n) is 25.0. The van der Waals surface area contributed by atoms with Crippen molar-refractivity contribution in [1.29, 1.82) is 0 Å². The van der Waals surface area contributed by atoms with Gasteiger partial charge in [-0.2, -0.15) is 0 Å². The van der Waals surface area contributed by atoms with E-state index in [4.69, 9.17) is 99.5 Å². The van der Waals surface area contributed by atoms with Crippen molar-refractivity contribution in [2.24, 2.45) is 0 Å². The fourth-order valence-corrected chi connectivity index (χ4v) is 17.8. The lowest BCUT2D eigenvalue weighted by Crippen LogP contribution is -2.72. The Morgan fingerprint density at radius 3 is 0.875 bits per heavy atom. The first-order valence-electron chi connectivity index (χ1n) is 43.5. The third-order valence-corrected chi connectivity index (χ3v) is 25.0. The van der Waals surface area contributed by atoms with Gasteiger partial charge >= 0.3 is 0 Å². The van der Waals surface area contributed by atoms with Crippen LogP contribution in [0.1, 0.15) is 41.5 Å². The zero-order valence-electron chi connectivity index (χ0n) is 73.4. The summed E-state index contributed by atoms with van der Waals surface area (Å²) in [7, 11) is 0. The number of aliphatic hydroxyl groups excluding tert-OH is 29. The van der Waals surface area contributed by atoms with Crippen molar-refractivity contribution in [3.8, 4) is 0 Å². The summed E-state index contributed by atoms with van der Waals surface area (Å²) in [5, 5.41) is 340. The molecule has 5 amide bonds. The summed E-state index contributed by atoms with van der Waals surface area (Å²) in [6.45, 7) is -6.41. The molecule has 0 aromatic heterocycles. The van der Waals surface area contributed by atoms with E-state index in [1.807, 2.05) is 0 Å². The van der Waals surface area contributed by atoms with Gasteiger partial charge in [-0.1, -0.05) is 0 Å². The minimum atomic E-state index is -2.82. The Labute approximate surface area is 770 Å². The van der Waals surface area contributed by atoms with Crippen LogP contribution in [0.25, 0.3) is 0 Å². The van der Waals surface area contributed by atoms with Gasteiger partial charge in [0.25, 0.3) is 0 Å². The molecule has 0 saturated carbocycles. The van der Waals surface area contributed by atoms with Crippen LogP contribution in [0.15, 0.2) is 0 Å². The molecule has 11 fully saturated rings. The Balaban J connectivity index is 1.04. The summed E-state index contributed by atoms with van der Waals surface area (Å²) in [6.07, 6.45) is -110. The number of rotatable bonds is 35. The Kier molecular flexibility index (Phi) is 40.1.